The van der Waals surface area contributed by atoms with Gasteiger partial charge in [0.1, 0.15) is 0 Å². The maximum absolute atomic E-state index is 5.20. The fourth-order valence-corrected chi connectivity index (χ4v) is 2.70. The minimum absolute atomic E-state index is 0.642. The third kappa shape index (κ3) is 4.40. The quantitative estimate of drug-likeness (QED) is 0.749. The highest BCUT2D eigenvalue weighted by Gasteiger charge is 2.25. The molecule has 1 aliphatic heterocycles. The average Bonchev–Trinajstić information content (AvgIpc) is 2.23. The van der Waals surface area contributed by atoms with Gasteiger partial charge in [-0.3, -0.25) is 0 Å². The molecular formula is C13H28N2O. The molecule has 1 rings (SSSR count). The van der Waals surface area contributed by atoms with Crippen molar-refractivity contribution in [1.29, 1.82) is 0 Å². The second kappa shape index (κ2) is 7.25. The van der Waals surface area contributed by atoms with Crippen LogP contribution < -0.4 is 5.32 Å². The molecule has 0 aliphatic carbocycles. The van der Waals surface area contributed by atoms with Crippen LogP contribution >= 0.6 is 0 Å². The molecule has 1 fully saturated rings. The van der Waals surface area contributed by atoms with Gasteiger partial charge in [0.05, 0.1) is 0 Å². The van der Waals surface area contributed by atoms with Crippen LogP contribution in [0.4, 0.5) is 0 Å². The molecule has 0 aromatic carbocycles. The lowest BCUT2D eigenvalue weighted by Crippen LogP contribution is -2.48. The standard InChI is InChI=1S/C13H28N2O/c1-5-14-13-6-7-15(12(3)8-13)9-11(2)10-16-4/h11-14H,5-10H2,1-4H3. The summed E-state index contributed by atoms with van der Waals surface area (Å²) in [6.07, 6.45) is 2.57. The smallest absolute Gasteiger partial charge is 0.0500 e. The van der Waals surface area contributed by atoms with Gasteiger partial charge in [0.15, 0.2) is 0 Å². The highest BCUT2D eigenvalue weighted by molar-refractivity contribution is 4.83. The van der Waals surface area contributed by atoms with E-state index in [1.165, 1.54) is 25.9 Å². The molecule has 1 aliphatic rings. The fourth-order valence-electron chi connectivity index (χ4n) is 2.70. The van der Waals surface area contributed by atoms with Gasteiger partial charge in [0.25, 0.3) is 0 Å². The van der Waals surface area contributed by atoms with E-state index < -0.39 is 0 Å². The Balaban J connectivity index is 2.29. The van der Waals surface area contributed by atoms with Gasteiger partial charge in [-0.25, -0.2) is 0 Å². The Labute approximate surface area is 101 Å². The number of likely N-dealkylation sites (tertiary alicyclic amines) is 1. The van der Waals surface area contributed by atoms with Gasteiger partial charge in [0, 0.05) is 32.3 Å². The van der Waals surface area contributed by atoms with Gasteiger partial charge in [-0.1, -0.05) is 13.8 Å². The lowest BCUT2D eigenvalue weighted by atomic mass is 9.97. The van der Waals surface area contributed by atoms with Crippen LogP contribution in [0.15, 0.2) is 0 Å². The third-order valence-electron chi connectivity index (χ3n) is 3.50. The average molecular weight is 228 g/mol. The van der Waals surface area contributed by atoms with Crippen molar-refractivity contribution in [2.75, 3.05) is 33.4 Å². The molecule has 1 N–H and O–H groups in total. The first kappa shape index (κ1) is 13.9. The Morgan fingerprint density at radius 3 is 2.81 bits per heavy atom. The van der Waals surface area contributed by atoms with E-state index in [9.17, 15) is 0 Å². The van der Waals surface area contributed by atoms with E-state index in [-0.39, 0.29) is 0 Å². The summed E-state index contributed by atoms with van der Waals surface area (Å²) in [5.41, 5.74) is 0. The zero-order valence-corrected chi connectivity index (χ0v) is 11.3. The highest BCUT2D eigenvalue weighted by Crippen LogP contribution is 2.18. The zero-order chi connectivity index (χ0) is 12.0. The van der Waals surface area contributed by atoms with E-state index in [1.807, 2.05) is 0 Å². The summed E-state index contributed by atoms with van der Waals surface area (Å²) in [4.78, 5) is 2.61. The molecule has 0 amide bonds. The second-order valence-electron chi connectivity index (χ2n) is 5.18. The maximum Gasteiger partial charge on any atom is 0.0500 e. The van der Waals surface area contributed by atoms with Crippen molar-refractivity contribution in [3.05, 3.63) is 0 Å². The molecule has 0 saturated carbocycles. The third-order valence-corrected chi connectivity index (χ3v) is 3.50. The van der Waals surface area contributed by atoms with Gasteiger partial charge >= 0.3 is 0 Å². The zero-order valence-electron chi connectivity index (χ0n) is 11.3. The number of hydrogen-bond donors (Lipinski definition) is 1. The topological polar surface area (TPSA) is 24.5 Å². The number of nitrogens with one attached hydrogen (secondary N) is 1. The Morgan fingerprint density at radius 1 is 1.50 bits per heavy atom. The fraction of sp³-hybridized carbons (Fsp3) is 1.00. The summed E-state index contributed by atoms with van der Waals surface area (Å²) in [6.45, 7) is 11.2. The van der Waals surface area contributed by atoms with Crippen molar-refractivity contribution in [2.45, 2.75) is 45.7 Å². The molecule has 0 spiro atoms. The van der Waals surface area contributed by atoms with Crippen LogP contribution in [-0.2, 0) is 4.74 Å². The van der Waals surface area contributed by atoms with Crippen LogP contribution in [0, 0.1) is 5.92 Å². The van der Waals surface area contributed by atoms with E-state index in [1.54, 1.807) is 7.11 Å². The molecule has 16 heavy (non-hydrogen) atoms. The summed E-state index contributed by atoms with van der Waals surface area (Å²) in [5.74, 6) is 0.642. The number of methoxy groups -OCH3 is 1. The van der Waals surface area contributed by atoms with Crippen LogP contribution in [0.2, 0.25) is 0 Å². The molecule has 1 heterocycles. The van der Waals surface area contributed by atoms with Crippen molar-refractivity contribution in [2.24, 2.45) is 5.92 Å². The Morgan fingerprint density at radius 2 is 2.25 bits per heavy atom. The Kier molecular flexibility index (Phi) is 6.32. The van der Waals surface area contributed by atoms with Crippen molar-refractivity contribution in [3.63, 3.8) is 0 Å². The van der Waals surface area contributed by atoms with Crippen LogP contribution in [0.3, 0.4) is 0 Å². The predicted octanol–water partition coefficient (Wildman–Crippen LogP) is 1.73. The molecule has 0 radical (unpaired) electrons. The number of ether oxygens (including phenoxy) is 1. The van der Waals surface area contributed by atoms with Gasteiger partial charge < -0.3 is 15.0 Å². The summed E-state index contributed by atoms with van der Waals surface area (Å²) in [5, 5.41) is 3.56. The van der Waals surface area contributed by atoms with Crippen LogP contribution in [0.5, 0.6) is 0 Å². The van der Waals surface area contributed by atoms with Crippen LogP contribution in [0.25, 0.3) is 0 Å². The van der Waals surface area contributed by atoms with Crippen molar-refractivity contribution in [3.8, 4) is 0 Å². The number of hydrogen-bond acceptors (Lipinski definition) is 3. The first-order valence-electron chi connectivity index (χ1n) is 6.63. The normalized spacial score (nSPS) is 29.2. The number of rotatable bonds is 6. The number of piperidine rings is 1. The molecule has 3 unspecified atom stereocenters. The minimum atomic E-state index is 0.642. The summed E-state index contributed by atoms with van der Waals surface area (Å²) in [6, 6.07) is 1.44. The first-order chi connectivity index (χ1) is 7.67. The number of nitrogens with zero attached hydrogens (tertiary/aromatic N) is 1. The lowest BCUT2D eigenvalue weighted by Gasteiger charge is -2.39. The van der Waals surface area contributed by atoms with E-state index in [0.717, 1.165) is 19.2 Å². The van der Waals surface area contributed by atoms with Crippen molar-refractivity contribution >= 4 is 0 Å². The van der Waals surface area contributed by atoms with E-state index >= 15 is 0 Å². The molecule has 96 valence electrons. The van der Waals surface area contributed by atoms with Gasteiger partial charge in [-0.05, 0) is 38.8 Å². The van der Waals surface area contributed by atoms with Gasteiger partial charge in [0.2, 0.25) is 0 Å². The molecule has 0 aromatic rings. The van der Waals surface area contributed by atoms with E-state index in [0.29, 0.717) is 12.0 Å². The van der Waals surface area contributed by atoms with Crippen LogP contribution in [0.1, 0.15) is 33.6 Å². The SMILES string of the molecule is CCNC1CCN(CC(C)COC)C(C)C1. The lowest BCUT2D eigenvalue weighted by molar-refractivity contribution is 0.0858. The second-order valence-corrected chi connectivity index (χ2v) is 5.18. The molecule has 3 nitrogen and oxygen atoms in total. The molecule has 0 bridgehead atoms. The maximum atomic E-state index is 5.20. The summed E-state index contributed by atoms with van der Waals surface area (Å²) in [7, 11) is 1.79. The highest BCUT2D eigenvalue weighted by atomic mass is 16.5. The van der Waals surface area contributed by atoms with Crippen LogP contribution in [-0.4, -0.2) is 50.3 Å². The molecule has 3 atom stereocenters. The minimum Gasteiger partial charge on any atom is -0.384 e. The van der Waals surface area contributed by atoms with E-state index in [2.05, 4.69) is 31.0 Å². The molecular weight excluding hydrogens is 200 g/mol. The van der Waals surface area contributed by atoms with E-state index in [4.69, 9.17) is 4.74 Å². The van der Waals surface area contributed by atoms with Crippen molar-refractivity contribution in [1.82, 2.24) is 10.2 Å². The monoisotopic (exact) mass is 228 g/mol. The molecule has 1 saturated heterocycles. The summed E-state index contributed by atoms with van der Waals surface area (Å²) >= 11 is 0. The molecule has 3 heteroatoms. The first-order valence-corrected chi connectivity index (χ1v) is 6.63. The molecule has 0 aromatic heterocycles. The van der Waals surface area contributed by atoms with Gasteiger partial charge in [-0.2, -0.15) is 0 Å². The Hall–Kier alpha value is -0.120. The Bertz CT molecular complexity index is 187. The predicted molar refractivity (Wildman–Crippen MR) is 68.8 cm³/mol. The van der Waals surface area contributed by atoms with Crippen molar-refractivity contribution < 1.29 is 4.74 Å². The largest absolute Gasteiger partial charge is 0.384 e. The van der Waals surface area contributed by atoms with Gasteiger partial charge in [-0.15, -0.1) is 0 Å². The summed E-state index contributed by atoms with van der Waals surface area (Å²) < 4.78 is 5.20.